The molecule has 2 rings (SSSR count). The van der Waals surface area contributed by atoms with Gasteiger partial charge in [0.05, 0.1) is 7.11 Å². The van der Waals surface area contributed by atoms with Crippen LogP contribution in [0.4, 0.5) is 0 Å². The zero-order chi connectivity index (χ0) is 12.1. The van der Waals surface area contributed by atoms with E-state index in [4.69, 9.17) is 15.2 Å². The third kappa shape index (κ3) is 3.01. The maximum absolute atomic E-state index is 5.92. The molecule has 1 unspecified atom stereocenters. The Morgan fingerprint density at radius 2 is 2.24 bits per heavy atom. The molecule has 17 heavy (non-hydrogen) atoms. The second kappa shape index (κ2) is 5.73. The highest BCUT2D eigenvalue weighted by molar-refractivity contribution is 5.43. The Kier molecular flexibility index (Phi) is 4.04. The molecule has 0 saturated carbocycles. The average molecular weight is 233 g/mol. The van der Waals surface area contributed by atoms with Crippen LogP contribution in [0.25, 0.3) is 0 Å². The summed E-state index contributed by atoms with van der Waals surface area (Å²) in [5.74, 6) is 1.55. The summed E-state index contributed by atoms with van der Waals surface area (Å²) >= 11 is 0. The van der Waals surface area contributed by atoms with Crippen LogP contribution in [-0.2, 0) is 6.54 Å². The Morgan fingerprint density at radius 3 is 2.88 bits per heavy atom. The summed E-state index contributed by atoms with van der Waals surface area (Å²) in [4.78, 5) is 0. The Bertz CT molecular complexity index is 401. The van der Waals surface area contributed by atoms with Crippen LogP contribution in [0, 0.1) is 0 Å². The monoisotopic (exact) mass is 233 g/mol. The molecule has 0 aliphatic heterocycles. The second-order valence-electron chi connectivity index (χ2n) is 4.20. The predicted molar refractivity (Wildman–Crippen MR) is 68.3 cm³/mol. The molecular formula is C14H19NO2. The molecule has 1 aliphatic carbocycles. The van der Waals surface area contributed by atoms with Crippen LogP contribution in [0.15, 0.2) is 30.4 Å². The molecule has 0 aromatic heterocycles. The van der Waals surface area contributed by atoms with Gasteiger partial charge in [-0.3, -0.25) is 0 Å². The lowest BCUT2D eigenvalue weighted by molar-refractivity contribution is 0.219. The number of hydrogen-bond donors (Lipinski definition) is 1. The highest BCUT2D eigenvalue weighted by Gasteiger charge is 2.13. The molecule has 2 N–H and O–H groups in total. The minimum Gasteiger partial charge on any atom is -0.493 e. The summed E-state index contributed by atoms with van der Waals surface area (Å²) in [6, 6.07) is 5.84. The van der Waals surface area contributed by atoms with Crippen LogP contribution in [0.5, 0.6) is 11.5 Å². The maximum Gasteiger partial charge on any atom is 0.162 e. The predicted octanol–water partition coefficient (Wildman–Crippen LogP) is 2.64. The number of hydrogen-bond acceptors (Lipinski definition) is 3. The topological polar surface area (TPSA) is 44.5 Å². The molecular weight excluding hydrogens is 214 g/mol. The van der Waals surface area contributed by atoms with E-state index >= 15 is 0 Å². The number of nitrogens with two attached hydrogens (primary N) is 1. The second-order valence-corrected chi connectivity index (χ2v) is 4.20. The largest absolute Gasteiger partial charge is 0.493 e. The number of allylic oxidation sites excluding steroid dienone is 1. The molecule has 0 heterocycles. The van der Waals surface area contributed by atoms with Crippen molar-refractivity contribution in [2.24, 2.45) is 5.73 Å². The molecule has 3 heteroatoms. The van der Waals surface area contributed by atoms with Gasteiger partial charge in [-0.05, 0) is 43.0 Å². The van der Waals surface area contributed by atoms with Crippen molar-refractivity contribution in [1.82, 2.24) is 0 Å². The summed E-state index contributed by atoms with van der Waals surface area (Å²) in [7, 11) is 1.65. The van der Waals surface area contributed by atoms with Gasteiger partial charge in [-0.2, -0.15) is 0 Å². The van der Waals surface area contributed by atoms with Gasteiger partial charge in [0.15, 0.2) is 11.5 Å². The van der Waals surface area contributed by atoms with Gasteiger partial charge < -0.3 is 15.2 Å². The third-order valence-corrected chi connectivity index (χ3v) is 2.95. The first kappa shape index (κ1) is 12.0. The molecule has 0 bridgehead atoms. The summed E-state index contributed by atoms with van der Waals surface area (Å²) < 4.78 is 11.2. The molecule has 0 saturated heterocycles. The van der Waals surface area contributed by atoms with Crippen molar-refractivity contribution >= 4 is 0 Å². The summed E-state index contributed by atoms with van der Waals surface area (Å²) in [6.07, 6.45) is 7.88. The lowest BCUT2D eigenvalue weighted by Crippen LogP contribution is -2.16. The van der Waals surface area contributed by atoms with E-state index in [-0.39, 0.29) is 6.10 Å². The Labute approximate surface area is 102 Å². The zero-order valence-electron chi connectivity index (χ0n) is 10.2. The lowest BCUT2D eigenvalue weighted by Gasteiger charge is -2.20. The molecule has 1 aliphatic rings. The minimum atomic E-state index is 0.168. The van der Waals surface area contributed by atoms with E-state index < -0.39 is 0 Å². The first-order chi connectivity index (χ1) is 8.33. The lowest BCUT2D eigenvalue weighted by atomic mass is 10.1. The first-order valence-corrected chi connectivity index (χ1v) is 6.04. The summed E-state index contributed by atoms with van der Waals surface area (Å²) in [5, 5.41) is 0. The van der Waals surface area contributed by atoms with Crippen molar-refractivity contribution in [2.45, 2.75) is 31.9 Å². The van der Waals surface area contributed by atoms with Gasteiger partial charge >= 0.3 is 0 Å². The van der Waals surface area contributed by atoms with E-state index in [1.807, 2.05) is 18.2 Å². The molecule has 1 aromatic carbocycles. The number of benzene rings is 1. The average Bonchev–Trinajstić information content (AvgIpc) is 2.40. The van der Waals surface area contributed by atoms with Gasteiger partial charge in [0.1, 0.15) is 6.10 Å². The summed E-state index contributed by atoms with van der Waals surface area (Å²) in [6.45, 7) is 0.514. The van der Waals surface area contributed by atoms with Crippen molar-refractivity contribution in [3.63, 3.8) is 0 Å². The number of rotatable bonds is 4. The quantitative estimate of drug-likeness (QED) is 0.813. The van der Waals surface area contributed by atoms with Crippen LogP contribution in [0.2, 0.25) is 0 Å². The van der Waals surface area contributed by atoms with E-state index in [9.17, 15) is 0 Å². The molecule has 92 valence electrons. The van der Waals surface area contributed by atoms with Gasteiger partial charge in [0.25, 0.3) is 0 Å². The Balaban J connectivity index is 2.14. The van der Waals surface area contributed by atoms with Gasteiger partial charge in [0, 0.05) is 6.54 Å². The Morgan fingerprint density at radius 1 is 1.35 bits per heavy atom. The SMILES string of the molecule is COc1cc(CN)ccc1OC1C=CCCC1. The van der Waals surface area contributed by atoms with Crippen molar-refractivity contribution < 1.29 is 9.47 Å². The van der Waals surface area contributed by atoms with E-state index in [2.05, 4.69) is 12.2 Å². The van der Waals surface area contributed by atoms with Crippen LogP contribution >= 0.6 is 0 Å². The molecule has 1 atom stereocenters. The van der Waals surface area contributed by atoms with E-state index in [0.717, 1.165) is 29.9 Å². The normalized spacial score (nSPS) is 19.1. The zero-order valence-corrected chi connectivity index (χ0v) is 10.2. The fourth-order valence-corrected chi connectivity index (χ4v) is 1.98. The smallest absolute Gasteiger partial charge is 0.162 e. The summed E-state index contributed by atoms with van der Waals surface area (Å²) in [5.41, 5.74) is 6.65. The first-order valence-electron chi connectivity index (χ1n) is 6.04. The van der Waals surface area contributed by atoms with Gasteiger partial charge in [-0.15, -0.1) is 0 Å². The van der Waals surface area contributed by atoms with Gasteiger partial charge in [-0.25, -0.2) is 0 Å². The molecule has 0 spiro atoms. The standard InChI is InChI=1S/C14H19NO2/c1-16-14-9-11(10-15)7-8-13(14)17-12-5-3-2-4-6-12/h3,5,7-9,12H,2,4,6,10,15H2,1H3. The van der Waals surface area contributed by atoms with Crippen LogP contribution < -0.4 is 15.2 Å². The van der Waals surface area contributed by atoms with Gasteiger partial charge in [0.2, 0.25) is 0 Å². The van der Waals surface area contributed by atoms with Crippen molar-refractivity contribution in [2.75, 3.05) is 7.11 Å². The molecule has 0 amide bonds. The molecule has 0 radical (unpaired) electrons. The van der Waals surface area contributed by atoms with Crippen molar-refractivity contribution in [3.05, 3.63) is 35.9 Å². The number of ether oxygens (including phenoxy) is 2. The third-order valence-electron chi connectivity index (χ3n) is 2.95. The van der Waals surface area contributed by atoms with E-state index in [1.54, 1.807) is 7.11 Å². The molecule has 0 fully saturated rings. The fraction of sp³-hybridized carbons (Fsp3) is 0.429. The molecule has 1 aromatic rings. The van der Waals surface area contributed by atoms with Crippen molar-refractivity contribution in [3.8, 4) is 11.5 Å². The minimum absolute atomic E-state index is 0.168. The highest BCUT2D eigenvalue weighted by atomic mass is 16.5. The number of methoxy groups -OCH3 is 1. The fourth-order valence-electron chi connectivity index (χ4n) is 1.98. The van der Waals surface area contributed by atoms with E-state index in [0.29, 0.717) is 6.54 Å². The Hall–Kier alpha value is -1.48. The highest BCUT2D eigenvalue weighted by Crippen LogP contribution is 2.30. The van der Waals surface area contributed by atoms with Gasteiger partial charge in [-0.1, -0.05) is 12.1 Å². The van der Waals surface area contributed by atoms with Crippen LogP contribution in [-0.4, -0.2) is 13.2 Å². The van der Waals surface area contributed by atoms with Crippen LogP contribution in [0.3, 0.4) is 0 Å². The van der Waals surface area contributed by atoms with Crippen molar-refractivity contribution in [1.29, 1.82) is 0 Å². The maximum atomic E-state index is 5.92. The molecule has 3 nitrogen and oxygen atoms in total. The van der Waals surface area contributed by atoms with E-state index in [1.165, 1.54) is 6.42 Å². The van der Waals surface area contributed by atoms with Crippen LogP contribution in [0.1, 0.15) is 24.8 Å².